The zero-order chi connectivity index (χ0) is 102. The zero-order valence-electron chi connectivity index (χ0n) is 83.8. The fraction of sp³-hybridized carbons (Fsp3) is 0.0672. The van der Waals surface area contributed by atoms with Gasteiger partial charge in [0.25, 0.3) is 0 Å². The van der Waals surface area contributed by atoms with E-state index in [2.05, 4.69) is 467 Å². The van der Waals surface area contributed by atoms with Gasteiger partial charge in [-0.1, -0.05) is 342 Å². The molecule has 14 heteroatoms. The minimum atomic E-state index is -1.81. The molecule has 0 heterocycles. The predicted octanol–water partition coefficient (Wildman–Crippen LogP) is 37.6. The summed E-state index contributed by atoms with van der Waals surface area (Å²) in [5, 5.41) is 45.2. The highest BCUT2D eigenvalue weighted by molar-refractivity contribution is 6.90. The fourth-order valence-electron chi connectivity index (χ4n) is 21.4. The molecular formula is C134H103N11Si3. The molecule has 0 aromatic heterocycles. The number of nitriles is 2. The maximum Gasteiger partial charge on any atom is 0.189 e. The van der Waals surface area contributed by atoms with E-state index in [0.717, 1.165) is 135 Å². The molecule has 0 aliphatic carbocycles. The van der Waals surface area contributed by atoms with Crippen LogP contribution in [0.2, 0.25) is 58.9 Å². The minimum absolute atomic E-state index is 0.547. The van der Waals surface area contributed by atoms with Gasteiger partial charge in [-0.2, -0.15) is 10.5 Å². The van der Waals surface area contributed by atoms with E-state index in [1.165, 1.54) is 80.2 Å². The molecule has 11 nitrogen and oxygen atoms in total. The van der Waals surface area contributed by atoms with E-state index in [-0.39, 0.29) is 0 Å². The van der Waals surface area contributed by atoms with E-state index in [0.29, 0.717) is 28.2 Å². The van der Waals surface area contributed by atoms with Gasteiger partial charge in [-0.25, -0.2) is 14.5 Å². The number of anilines is 18. The number of nitrogens with zero attached hydrogens (tertiary/aromatic N) is 11. The van der Waals surface area contributed by atoms with Gasteiger partial charge in [0.05, 0.1) is 101 Å². The van der Waals surface area contributed by atoms with E-state index in [4.69, 9.17) is 19.7 Å². The molecule has 0 aliphatic heterocycles. The van der Waals surface area contributed by atoms with Crippen molar-refractivity contribution in [2.45, 2.75) is 58.9 Å². The largest absolute Gasteiger partial charge is 0.312 e. The summed E-state index contributed by atoms with van der Waals surface area (Å²) in [4.78, 5) is 25.0. The third kappa shape index (κ3) is 17.7. The molecule has 0 fully saturated rings. The molecule has 0 radical (unpaired) electrons. The van der Waals surface area contributed by atoms with Crippen molar-refractivity contribution in [2.24, 2.45) is 0 Å². The van der Waals surface area contributed by atoms with Gasteiger partial charge in [-0.3, -0.25) is 0 Å². The van der Waals surface area contributed by atoms with Gasteiger partial charge in [-0.05, 0) is 258 Å². The summed E-state index contributed by atoms with van der Waals surface area (Å²) in [6.45, 7) is 44.6. The van der Waals surface area contributed by atoms with Crippen molar-refractivity contribution in [1.29, 1.82) is 10.5 Å². The second-order valence-electron chi connectivity index (χ2n) is 40.7. The number of benzene rings is 24. The van der Waals surface area contributed by atoms with Gasteiger partial charge in [0, 0.05) is 101 Å². The maximum atomic E-state index is 9.93. The molecule has 24 aromatic rings. The summed E-state index contributed by atoms with van der Waals surface area (Å²) < 4.78 is 0. The maximum absolute atomic E-state index is 9.93. The van der Waals surface area contributed by atoms with Crippen LogP contribution in [-0.2, 0) is 0 Å². The normalized spacial score (nSPS) is 11.5. The smallest absolute Gasteiger partial charge is 0.189 e. The summed E-state index contributed by atoms with van der Waals surface area (Å²) in [5.74, 6) is 0. The van der Waals surface area contributed by atoms with Crippen LogP contribution in [0.25, 0.3) is 111 Å². The van der Waals surface area contributed by atoms with Crippen LogP contribution in [0.1, 0.15) is 11.1 Å². The Labute approximate surface area is 867 Å². The van der Waals surface area contributed by atoms with E-state index < -0.39 is 24.2 Å². The lowest BCUT2D eigenvalue weighted by atomic mass is 9.91. The van der Waals surface area contributed by atoms with Gasteiger partial charge >= 0.3 is 0 Å². The Morgan fingerprint density at radius 1 is 0.189 bits per heavy atom. The van der Waals surface area contributed by atoms with Gasteiger partial charge in [0.1, 0.15) is 0 Å². The molecule has 0 bridgehead atoms. The number of para-hydroxylation sites is 5. The molecule has 706 valence electrons. The van der Waals surface area contributed by atoms with Crippen LogP contribution in [0.3, 0.4) is 0 Å². The summed E-state index contributed by atoms with van der Waals surface area (Å²) in [6, 6.07) is 167. The van der Waals surface area contributed by atoms with E-state index in [1.807, 2.05) is 109 Å². The lowest BCUT2D eigenvalue weighted by molar-refractivity contribution is 1.29. The minimum Gasteiger partial charge on any atom is -0.312 e. The van der Waals surface area contributed by atoms with Crippen LogP contribution in [0.15, 0.2) is 461 Å². The monoisotopic (exact) mass is 1950 g/mol. The van der Waals surface area contributed by atoms with Crippen LogP contribution in [0, 0.1) is 42.4 Å². The van der Waals surface area contributed by atoms with Gasteiger partial charge in [0.2, 0.25) is 0 Å². The molecule has 0 amide bonds. The lowest BCUT2D eigenvalue weighted by Gasteiger charge is -2.32. The molecule has 24 rings (SSSR count). The van der Waals surface area contributed by atoms with Crippen molar-refractivity contribution in [1.82, 2.24) is 0 Å². The van der Waals surface area contributed by atoms with Crippen LogP contribution >= 0.6 is 0 Å². The quantitative estimate of drug-likeness (QED) is 0.0400. The highest BCUT2D eigenvalue weighted by Gasteiger charge is 2.32. The van der Waals surface area contributed by atoms with Gasteiger partial charge in [-0.15, -0.1) is 0 Å². The van der Waals surface area contributed by atoms with Gasteiger partial charge < -0.3 is 29.4 Å². The molecule has 24 aromatic carbocycles. The third-order valence-electron chi connectivity index (χ3n) is 28.4. The highest BCUT2D eigenvalue weighted by atomic mass is 28.3. The molecule has 0 spiro atoms. The molecule has 148 heavy (non-hydrogen) atoms. The van der Waals surface area contributed by atoms with Crippen LogP contribution in [-0.4, -0.2) is 24.2 Å². The average Bonchev–Trinajstić information content (AvgIpc) is 0.724. The van der Waals surface area contributed by atoms with Gasteiger partial charge in [0.15, 0.2) is 17.1 Å². The molecule has 0 saturated heterocycles. The van der Waals surface area contributed by atoms with Crippen molar-refractivity contribution in [3.63, 3.8) is 0 Å². The first-order chi connectivity index (χ1) is 72.1. The summed E-state index contributed by atoms with van der Waals surface area (Å²) in [6.07, 6.45) is 0. The van der Waals surface area contributed by atoms with Crippen LogP contribution in [0.5, 0.6) is 0 Å². The standard InChI is InChI=1S/C46H33N5Si.2C44H35N3Si/c1-48-34-12-9-15-37(28-34)50(38-16-10-13-35(29-38)49-2)41-25-21-32-20-24-40-42(26-22-33-19-23-39(41)45(32)46(33)40)51(36-14-8-11-31(27-36)30-47)43-17-6-7-18-44(43)52(3,4)5;1-45-33-12-11-17-37(30-33)47(36-22-24-38(25-23-36)48(2,3)4)42-29-21-32-18-26-39-41(28-20-31-19-27-40(42)44(32)43(31)39)46(34-13-7-5-8-14-34)35-15-9-6-10-16-35;1-48(2,3)38-23-21-36(22-24-38)46(34-12-6-4-7-13-34)41-27-19-32-18-26-40-42(28-20-33-17-25-39(41)43(32)44(33)40)47(35-14-8-5-9-15-35)37-16-10-11-31(29-37)30-45/h6-29H,3-5H3;5-30H,2-4H3;4-29H,1-3H3. The summed E-state index contributed by atoms with van der Waals surface area (Å²) in [5.41, 5.74) is 21.7. The first-order valence-electron chi connectivity index (χ1n) is 50.0. The van der Waals surface area contributed by atoms with Crippen molar-refractivity contribution >= 4 is 256 Å². The van der Waals surface area contributed by atoms with Crippen molar-refractivity contribution in [3.8, 4) is 12.1 Å². The van der Waals surface area contributed by atoms with E-state index in [1.54, 1.807) is 0 Å². The topological polar surface area (TPSA) is 80.1 Å². The molecule has 0 unspecified atom stereocenters. The fourth-order valence-corrected chi connectivity index (χ4v) is 25.3. The molecule has 0 saturated carbocycles. The summed E-state index contributed by atoms with van der Waals surface area (Å²) in [7, 11) is -4.73. The van der Waals surface area contributed by atoms with E-state index >= 15 is 0 Å². The molecular weight excluding hydrogens is 1850 g/mol. The average molecular weight is 1950 g/mol. The lowest BCUT2D eigenvalue weighted by Crippen LogP contribution is -2.40. The van der Waals surface area contributed by atoms with Crippen molar-refractivity contribution < 1.29 is 0 Å². The first-order valence-corrected chi connectivity index (χ1v) is 60.5. The third-order valence-corrected chi connectivity index (χ3v) is 34.6. The Bertz CT molecular complexity index is 9300. The Kier molecular flexibility index (Phi) is 25.0. The Balaban J connectivity index is 0.000000126. The van der Waals surface area contributed by atoms with Crippen molar-refractivity contribution in [2.75, 3.05) is 29.4 Å². The second-order valence-corrected chi connectivity index (χ2v) is 55.9. The first kappa shape index (κ1) is 94.2. The number of rotatable bonds is 21. The number of hydrogen-bond donors (Lipinski definition) is 0. The molecule has 0 aliphatic rings. The van der Waals surface area contributed by atoms with E-state index in [9.17, 15) is 10.5 Å². The Morgan fingerprint density at radius 2 is 0.405 bits per heavy atom. The van der Waals surface area contributed by atoms with Crippen molar-refractivity contribution in [3.05, 3.63) is 506 Å². The highest BCUT2D eigenvalue weighted by Crippen LogP contribution is 2.54. The van der Waals surface area contributed by atoms with Crippen LogP contribution < -0.4 is 45.0 Å². The Morgan fingerprint density at radius 3 is 0.669 bits per heavy atom. The second kappa shape index (κ2) is 39.2. The predicted molar refractivity (Wildman–Crippen MR) is 636 cm³/mol. The van der Waals surface area contributed by atoms with Crippen LogP contribution in [0.4, 0.5) is 119 Å². The SMILES string of the molecule is C[Si](C)(C)c1ccc(N(c2ccccc2)c2ccc3ccc4c(N(c5ccccc5)c5cccc(C#N)c5)ccc5ccc2c3c54)cc1.[C-]#[N+]c1cccc(N(c2ccc([Si](C)(C)C)cc2)c2ccc3ccc4c(N(c5ccccc5)c5ccccc5)ccc5ccc2c3c54)c1.[C-]#[N+]c1cccc(N(c2cccc([N+]#[C-])c2)c2ccc3ccc4c(N(c5cccc(C#N)c5)c5ccccc5[Si](C)(C)C)ccc5ccc2c3c54)c1. The Hall–Kier alpha value is -18.7. The summed E-state index contributed by atoms with van der Waals surface area (Å²) >= 11 is 0. The molecule has 0 atom stereocenters. The zero-order valence-corrected chi connectivity index (χ0v) is 86.8. The number of hydrogen-bond acceptors (Lipinski definition) is 8. The molecule has 0 N–H and O–H groups in total.